The summed E-state index contributed by atoms with van der Waals surface area (Å²) in [7, 11) is -3.54. The summed E-state index contributed by atoms with van der Waals surface area (Å²) in [5.41, 5.74) is 0.0308. The molecule has 0 radical (unpaired) electrons. The second-order valence-corrected chi connectivity index (χ2v) is 7.45. The molecule has 1 aromatic rings. The Labute approximate surface area is 110 Å². The first kappa shape index (κ1) is 13.5. The fourth-order valence-electron chi connectivity index (χ4n) is 2.11. The Hall–Kier alpha value is -0.920. The number of carbonyl (C=O) groups is 1. The number of thiophene rings is 1. The van der Waals surface area contributed by atoms with Crippen molar-refractivity contribution < 1.29 is 18.3 Å². The number of rotatable bonds is 3. The fraction of sp³-hybridized carbons (Fsp3) is 0.545. The van der Waals surface area contributed by atoms with Crippen LogP contribution in [0.15, 0.2) is 15.7 Å². The van der Waals surface area contributed by atoms with E-state index >= 15 is 0 Å². The molecule has 2 rings (SSSR count). The van der Waals surface area contributed by atoms with Gasteiger partial charge >= 0.3 is 5.97 Å². The van der Waals surface area contributed by atoms with E-state index in [2.05, 4.69) is 0 Å². The Morgan fingerprint density at radius 1 is 1.50 bits per heavy atom. The number of sulfonamides is 1. The van der Waals surface area contributed by atoms with Gasteiger partial charge in [0.2, 0.25) is 0 Å². The van der Waals surface area contributed by atoms with Crippen LogP contribution in [0.25, 0.3) is 0 Å². The second kappa shape index (κ2) is 4.99. The van der Waals surface area contributed by atoms with Gasteiger partial charge in [-0.15, -0.1) is 11.3 Å². The highest BCUT2D eigenvalue weighted by Gasteiger charge is 2.32. The molecule has 7 heteroatoms. The number of hydrogen-bond acceptors (Lipinski definition) is 4. The highest BCUT2D eigenvalue weighted by atomic mass is 32.2. The third-order valence-corrected chi connectivity index (χ3v) is 6.56. The van der Waals surface area contributed by atoms with Crippen molar-refractivity contribution in [3.05, 3.63) is 17.0 Å². The van der Waals surface area contributed by atoms with Crippen molar-refractivity contribution in [2.24, 2.45) is 0 Å². The van der Waals surface area contributed by atoms with Gasteiger partial charge in [0.15, 0.2) is 0 Å². The van der Waals surface area contributed by atoms with Crippen LogP contribution in [0.5, 0.6) is 0 Å². The SMILES string of the molecule is C[C@@H]1CCCCN1S(=O)(=O)c1cc(C(=O)O)cs1. The molecular weight excluding hydrogens is 274 g/mol. The van der Waals surface area contributed by atoms with Crippen LogP contribution in [0, 0.1) is 0 Å². The van der Waals surface area contributed by atoms with Crippen LogP contribution in [0.1, 0.15) is 36.5 Å². The zero-order valence-electron chi connectivity index (χ0n) is 10.00. The number of hydrogen-bond donors (Lipinski definition) is 1. The van der Waals surface area contributed by atoms with E-state index in [9.17, 15) is 13.2 Å². The van der Waals surface area contributed by atoms with Crippen LogP contribution in [0.4, 0.5) is 0 Å². The van der Waals surface area contributed by atoms with E-state index in [1.165, 1.54) is 15.8 Å². The van der Waals surface area contributed by atoms with Crippen molar-refractivity contribution in [3.8, 4) is 0 Å². The molecule has 0 saturated carbocycles. The lowest BCUT2D eigenvalue weighted by Gasteiger charge is -2.31. The molecule has 18 heavy (non-hydrogen) atoms. The predicted octanol–water partition coefficient (Wildman–Crippen LogP) is 2.01. The maximum Gasteiger partial charge on any atom is 0.336 e. The first-order valence-corrected chi connectivity index (χ1v) is 8.08. The molecule has 1 fully saturated rings. The fourth-order valence-corrected chi connectivity index (χ4v) is 5.09. The van der Waals surface area contributed by atoms with E-state index in [1.54, 1.807) is 0 Å². The Bertz CT molecular complexity index is 549. The van der Waals surface area contributed by atoms with Gasteiger partial charge in [-0.05, 0) is 25.8 Å². The normalized spacial score (nSPS) is 21.9. The van der Waals surface area contributed by atoms with Crippen LogP contribution < -0.4 is 0 Å². The van der Waals surface area contributed by atoms with Crippen LogP contribution in [0.3, 0.4) is 0 Å². The molecule has 1 N–H and O–H groups in total. The zero-order valence-corrected chi connectivity index (χ0v) is 11.6. The topological polar surface area (TPSA) is 74.7 Å². The van der Waals surface area contributed by atoms with Gasteiger partial charge < -0.3 is 5.11 Å². The van der Waals surface area contributed by atoms with Crippen LogP contribution >= 0.6 is 11.3 Å². The summed E-state index contributed by atoms with van der Waals surface area (Å²) in [6, 6.07) is 1.23. The standard InChI is InChI=1S/C11H15NO4S2/c1-8-4-2-3-5-12(8)18(15,16)10-6-9(7-17-10)11(13)14/h6-8H,2-5H2,1H3,(H,13,14)/t8-/m1/s1. The van der Waals surface area contributed by atoms with E-state index in [1.807, 2.05) is 6.92 Å². The molecular formula is C11H15NO4S2. The minimum absolute atomic E-state index is 0.0147. The van der Waals surface area contributed by atoms with Crippen molar-refractivity contribution in [2.75, 3.05) is 6.54 Å². The van der Waals surface area contributed by atoms with Crippen molar-refractivity contribution >= 4 is 27.3 Å². The summed E-state index contributed by atoms with van der Waals surface area (Å²) in [4.78, 5) is 10.8. The number of aromatic carboxylic acids is 1. The van der Waals surface area contributed by atoms with Gasteiger partial charge in [0.05, 0.1) is 5.56 Å². The minimum Gasteiger partial charge on any atom is -0.478 e. The van der Waals surface area contributed by atoms with E-state index in [-0.39, 0.29) is 15.8 Å². The molecule has 0 aliphatic carbocycles. The van der Waals surface area contributed by atoms with Gasteiger partial charge in [0.25, 0.3) is 10.0 Å². The molecule has 0 unspecified atom stereocenters. The van der Waals surface area contributed by atoms with E-state index in [0.717, 1.165) is 30.6 Å². The summed E-state index contributed by atoms with van der Waals surface area (Å²) in [5, 5.41) is 10.2. The molecule has 0 bridgehead atoms. The summed E-state index contributed by atoms with van der Waals surface area (Å²) in [5.74, 6) is -1.10. The number of nitrogens with zero attached hydrogens (tertiary/aromatic N) is 1. The molecule has 1 aliphatic rings. The molecule has 1 aliphatic heterocycles. The maximum absolute atomic E-state index is 12.4. The Kier molecular flexibility index (Phi) is 3.74. The van der Waals surface area contributed by atoms with Gasteiger partial charge in [-0.3, -0.25) is 0 Å². The third kappa shape index (κ3) is 2.43. The van der Waals surface area contributed by atoms with Crippen LogP contribution in [-0.2, 0) is 10.0 Å². The second-order valence-electron chi connectivity index (χ2n) is 4.42. The molecule has 0 aromatic carbocycles. The Balaban J connectivity index is 2.31. The molecule has 1 aromatic heterocycles. The smallest absolute Gasteiger partial charge is 0.336 e. The van der Waals surface area contributed by atoms with Crippen molar-refractivity contribution in [2.45, 2.75) is 36.4 Å². The monoisotopic (exact) mass is 289 g/mol. The Morgan fingerprint density at radius 2 is 2.22 bits per heavy atom. The molecule has 1 saturated heterocycles. The van der Waals surface area contributed by atoms with Gasteiger partial charge in [-0.1, -0.05) is 6.42 Å². The van der Waals surface area contributed by atoms with Crippen LogP contribution in [0.2, 0.25) is 0 Å². The van der Waals surface area contributed by atoms with Gasteiger partial charge in [0.1, 0.15) is 4.21 Å². The highest BCUT2D eigenvalue weighted by molar-refractivity contribution is 7.91. The molecule has 100 valence electrons. The number of piperidine rings is 1. The molecule has 1 atom stereocenters. The molecule has 5 nitrogen and oxygen atoms in total. The van der Waals surface area contributed by atoms with E-state index in [4.69, 9.17) is 5.11 Å². The maximum atomic E-state index is 12.4. The summed E-state index contributed by atoms with van der Waals surface area (Å²) >= 11 is 0.970. The summed E-state index contributed by atoms with van der Waals surface area (Å²) in [6.07, 6.45) is 2.76. The third-order valence-electron chi connectivity index (χ3n) is 3.13. The minimum atomic E-state index is -3.54. The lowest BCUT2D eigenvalue weighted by atomic mass is 10.1. The predicted molar refractivity (Wildman–Crippen MR) is 68.5 cm³/mol. The lowest BCUT2D eigenvalue weighted by Crippen LogP contribution is -2.41. The largest absolute Gasteiger partial charge is 0.478 e. The summed E-state index contributed by atoms with van der Waals surface area (Å²) < 4.78 is 26.4. The van der Waals surface area contributed by atoms with E-state index < -0.39 is 16.0 Å². The number of carboxylic acid groups (broad SMARTS) is 1. The molecule has 0 amide bonds. The van der Waals surface area contributed by atoms with Crippen molar-refractivity contribution in [1.82, 2.24) is 4.31 Å². The van der Waals surface area contributed by atoms with Crippen molar-refractivity contribution in [1.29, 1.82) is 0 Å². The average Bonchev–Trinajstić information content (AvgIpc) is 2.79. The number of carboxylic acids is 1. The van der Waals surface area contributed by atoms with Gasteiger partial charge in [-0.25, -0.2) is 13.2 Å². The zero-order chi connectivity index (χ0) is 13.3. The van der Waals surface area contributed by atoms with Gasteiger partial charge in [-0.2, -0.15) is 4.31 Å². The average molecular weight is 289 g/mol. The molecule has 0 spiro atoms. The van der Waals surface area contributed by atoms with Gasteiger partial charge in [0, 0.05) is 18.0 Å². The van der Waals surface area contributed by atoms with E-state index in [0.29, 0.717) is 6.54 Å². The lowest BCUT2D eigenvalue weighted by molar-refractivity contribution is 0.0697. The van der Waals surface area contributed by atoms with Crippen molar-refractivity contribution in [3.63, 3.8) is 0 Å². The summed E-state index contributed by atoms with van der Waals surface area (Å²) in [6.45, 7) is 2.41. The highest BCUT2D eigenvalue weighted by Crippen LogP contribution is 2.28. The van der Waals surface area contributed by atoms with Crippen LogP contribution in [-0.4, -0.2) is 36.4 Å². The Morgan fingerprint density at radius 3 is 2.78 bits per heavy atom. The first-order valence-electron chi connectivity index (χ1n) is 5.76. The molecule has 2 heterocycles. The quantitative estimate of drug-likeness (QED) is 0.923. The first-order chi connectivity index (χ1) is 8.43.